The van der Waals surface area contributed by atoms with Crippen molar-refractivity contribution in [3.63, 3.8) is 0 Å². The van der Waals surface area contributed by atoms with Gasteiger partial charge in [0, 0.05) is 0 Å². The van der Waals surface area contributed by atoms with Gasteiger partial charge >= 0.3 is 6.09 Å². The summed E-state index contributed by atoms with van der Waals surface area (Å²) in [5, 5.41) is 10.2. The molecule has 0 spiro atoms. The molecule has 0 unspecified atom stereocenters. The first-order valence-corrected chi connectivity index (χ1v) is 6.33. The Bertz CT molecular complexity index is 600. The molecule has 0 fully saturated rings. The van der Waals surface area contributed by atoms with Gasteiger partial charge < -0.3 is 9.94 Å². The summed E-state index contributed by atoms with van der Waals surface area (Å²) in [6.07, 6.45) is -1.16. The molecule has 1 amide bonds. The Morgan fingerprint density at radius 3 is 2.10 bits per heavy atom. The van der Waals surface area contributed by atoms with E-state index >= 15 is 0 Å². The molecule has 0 aromatic heterocycles. The summed E-state index contributed by atoms with van der Waals surface area (Å²) >= 11 is 0. The molecular weight excluding hydrogens is 254 g/mol. The van der Waals surface area contributed by atoms with E-state index in [1.807, 2.05) is 39.0 Å². The van der Waals surface area contributed by atoms with Gasteiger partial charge in [-0.05, 0) is 44.0 Å². The van der Waals surface area contributed by atoms with Crippen molar-refractivity contribution in [1.82, 2.24) is 0 Å². The van der Waals surface area contributed by atoms with Crippen molar-refractivity contribution < 1.29 is 14.7 Å². The van der Waals surface area contributed by atoms with Crippen LogP contribution >= 0.6 is 0 Å². The topological polar surface area (TPSA) is 49.8 Å². The molecular formula is C16H17NO3. The minimum Gasteiger partial charge on any atom is -0.463 e. The molecule has 2 aromatic carbocycles. The Labute approximate surface area is 118 Å². The molecule has 20 heavy (non-hydrogen) atoms. The monoisotopic (exact) mass is 271 g/mol. The lowest BCUT2D eigenvalue weighted by atomic mass is 10.1. The Morgan fingerprint density at radius 1 is 1.05 bits per heavy atom. The normalized spacial score (nSPS) is 10.2. The van der Waals surface area contributed by atoms with E-state index < -0.39 is 6.09 Å². The molecule has 0 heterocycles. The van der Waals surface area contributed by atoms with Gasteiger partial charge in [0.1, 0.15) is 0 Å². The first kappa shape index (κ1) is 13.9. The largest absolute Gasteiger partial charge is 0.463 e. The van der Waals surface area contributed by atoms with Gasteiger partial charge in [-0.3, -0.25) is 0 Å². The number of rotatable bonds is 3. The highest BCUT2D eigenvalue weighted by Crippen LogP contribution is 2.27. The van der Waals surface area contributed by atoms with Gasteiger partial charge in [-0.25, -0.2) is 4.79 Å². The zero-order chi connectivity index (χ0) is 14.7. The second-order valence-corrected chi connectivity index (χ2v) is 4.73. The third-order valence-corrected chi connectivity index (χ3v) is 2.95. The van der Waals surface area contributed by atoms with Crippen molar-refractivity contribution in [2.45, 2.75) is 20.8 Å². The first-order chi connectivity index (χ1) is 9.49. The fraction of sp³-hybridized carbons (Fsp3) is 0.188. The molecule has 0 aliphatic carbocycles. The second-order valence-electron chi connectivity index (χ2n) is 4.73. The summed E-state index contributed by atoms with van der Waals surface area (Å²) in [6, 6.07) is 12.7. The third-order valence-electron chi connectivity index (χ3n) is 2.95. The van der Waals surface area contributed by atoms with Crippen LogP contribution in [0.5, 0.6) is 5.75 Å². The standard InChI is InChI=1S/C16H17NO3/c1-11-9-12(2)15(13(3)10-11)20-17(16(18)19)14-7-5-4-6-8-14/h4-10H,1-3H3,(H,18,19). The van der Waals surface area contributed by atoms with Crippen molar-refractivity contribution >= 4 is 11.8 Å². The summed E-state index contributed by atoms with van der Waals surface area (Å²) in [5.74, 6) is 0.571. The number of hydroxylamine groups is 1. The van der Waals surface area contributed by atoms with Crippen LogP contribution in [0.1, 0.15) is 16.7 Å². The first-order valence-electron chi connectivity index (χ1n) is 6.33. The van der Waals surface area contributed by atoms with Gasteiger partial charge in [0.25, 0.3) is 0 Å². The van der Waals surface area contributed by atoms with Crippen LogP contribution in [-0.4, -0.2) is 11.2 Å². The Kier molecular flexibility index (Phi) is 3.94. The minimum absolute atomic E-state index is 0.472. The molecule has 0 atom stereocenters. The molecule has 0 aliphatic heterocycles. The molecule has 0 aliphatic rings. The number of para-hydroxylation sites is 1. The van der Waals surface area contributed by atoms with Crippen molar-refractivity contribution in [2.24, 2.45) is 0 Å². The van der Waals surface area contributed by atoms with E-state index in [9.17, 15) is 9.90 Å². The highest BCUT2D eigenvalue weighted by molar-refractivity contribution is 5.84. The molecule has 4 nitrogen and oxygen atoms in total. The Hall–Kier alpha value is -2.49. The number of amides is 1. The number of nitrogens with zero attached hydrogens (tertiary/aromatic N) is 1. The lowest BCUT2D eigenvalue weighted by Crippen LogP contribution is -2.33. The summed E-state index contributed by atoms with van der Waals surface area (Å²) in [5.41, 5.74) is 3.41. The van der Waals surface area contributed by atoms with Gasteiger partial charge in [-0.2, -0.15) is 0 Å². The zero-order valence-electron chi connectivity index (χ0n) is 11.8. The van der Waals surface area contributed by atoms with Crippen molar-refractivity contribution in [1.29, 1.82) is 0 Å². The minimum atomic E-state index is -1.16. The lowest BCUT2D eigenvalue weighted by Gasteiger charge is -2.21. The van der Waals surface area contributed by atoms with Crippen molar-refractivity contribution in [2.75, 3.05) is 5.06 Å². The fourth-order valence-electron chi connectivity index (χ4n) is 2.17. The van der Waals surface area contributed by atoms with Crippen molar-refractivity contribution in [3.8, 4) is 5.75 Å². The van der Waals surface area contributed by atoms with Crippen LogP contribution in [-0.2, 0) is 0 Å². The molecule has 0 bridgehead atoms. The summed E-state index contributed by atoms with van der Waals surface area (Å²) in [6.45, 7) is 5.80. The summed E-state index contributed by atoms with van der Waals surface area (Å²) in [4.78, 5) is 17.0. The predicted molar refractivity (Wildman–Crippen MR) is 78.2 cm³/mol. The lowest BCUT2D eigenvalue weighted by molar-refractivity contribution is 0.167. The molecule has 104 valence electrons. The molecule has 2 aromatic rings. The van der Waals surface area contributed by atoms with E-state index in [0.29, 0.717) is 11.4 Å². The van der Waals surface area contributed by atoms with E-state index in [4.69, 9.17) is 4.84 Å². The number of hydrogen-bond donors (Lipinski definition) is 1. The third kappa shape index (κ3) is 2.91. The van der Waals surface area contributed by atoms with Gasteiger partial charge in [-0.1, -0.05) is 35.9 Å². The molecule has 2 rings (SSSR count). The van der Waals surface area contributed by atoms with Crippen LogP contribution in [0.2, 0.25) is 0 Å². The van der Waals surface area contributed by atoms with Crippen LogP contribution in [0, 0.1) is 20.8 Å². The molecule has 0 saturated heterocycles. The maximum absolute atomic E-state index is 11.4. The summed E-state index contributed by atoms with van der Waals surface area (Å²) in [7, 11) is 0. The smallest absolute Gasteiger partial charge is 0.445 e. The maximum Gasteiger partial charge on any atom is 0.445 e. The molecule has 0 radical (unpaired) electrons. The Morgan fingerprint density at radius 2 is 1.60 bits per heavy atom. The van der Waals surface area contributed by atoms with Crippen LogP contribution in [0.4, 0.5) is 10.5 Å². The second kappa shape index (κ2) is 5.65. The van der Waals surface area contributed by atoms with E-state index in [1.165, 1.54) is 0 Å². The van der Waals surface area contributed by atoms with Crippen LogP contribution in [0.3, 0.4) is 0 Å². The van der Waals surface area contributed by atoms with Gasteiger partial charge in [0.05, 0.1) is 5.69 Å². The van der Waals surface area contributed by atoms with E-state index in [0.717, 1.165) is 21.8 Å². The summed E-state index contributed by atoms with van der Waals surface area (Å²) < 4.78 is 0. The van der Waals surface area contributed by atoms with Crippen molar-refractivity contribution in [3.05, 3.63) is 59.2 Å². The average Bonchev–Trinajstić information content (AvgIpc) is 2.38. The van der Waals surface area contributed by atoms with E-state index in [-0.39, 0.29) is 0 Å². The van der Waals surface area contributed by atoms with Crippen LogP contribution < -0.4 is 9.90 Å². The molecule has 4 heteroatoms. The fourth-order valence-corrected chi connectivity index (χ4v) is 2.17. The number of aryl methyl sites for hydroxylation is 3. The average molecular weight is 271 g/mol. The number of hydrogen-bond acceptors (Lipinski definition) is 2. The quantitative estimate of drug-likeness (QED) is 0.855. The number of carbonyl (C=O) groups is 1. The molecule has 0 saturated carbocycles. The number of carboxylic acid groups (broad SMARTS) is 1. The van der Waals surface area contributed by atoms with Gasteiger partial charge in [0.15, 0.2) is 5.75 Å². The maximum atomic E-state index is 11.4. The molecule has 1 N–H and O–H groups in total. The SMILES string of the molecule is Cc1cc(C)c(ON(C(=O)O)c2ccccc2)c(C)c1. The van der Waals surface area contributed by atoms with E-state index in [2.05, 4.69) is 0 Å². The number of anilines is 1. The van der Waals surface area contributed by atoms with Crippen LogP contribution in [0.15, 0.2) is 42.5 Å². The van der Waals surface area contributed by atoms with Crippen LogP contribution in [0.25, 0.3) is 0 Å². The Balaban J connectivity index is 2.38. The number of benzene rings is 2. The highest BCUT2D eigenvalue weighted by Gasteiger charge is 2.19. The van der Waals surface area contributed by atoms with Gasteiger partial charge in [-0.15, -0.1) is 5.06 Å². The predicted octanol–water partition coefficient (Wildman–Crippen LogP) is 4.09. The highest BCUT2D eigenvalue weighted by atomic mass is 16.7. The zero-order valence-corrected chi connectivity index (χ0v) is 11.8. The van der Waals surface area contributed by atoms with Gasteiger partial charge in [0.2, 0.25) is 0 Å². The van der Waals surface area contributed by atoms with E-state index in [1.54, 1.807) is 24.3 Å².